The van der Waals surface area contributed by atoms with E-state index < -0.39 is 22.0 Å². The van der Waals surface area contributed by atoms with E-state index in [4.69, 9.17) is 4.74 Å². The normalized spacial score (nSPS) is 17.3. The Bertz CT molecular complexity index is 700. The highest BCUT2D eigenvalue weighted by molar-refractivity contribution is 7.89. The molecule has 0 spiro atoms. The van der Waals surface area contributed by atoms with Gasteiger partial charge in [-0.2, -0.15) is 4.72 Å². The Balaban J connectivity index is 1.90. The van der Waals surface area contributed by atoms with Gasteiger partial charge in [-0.05, 0) is 30.7 Å². The Hall–Kier alpha value is -1.93. The maximum atomic E-state index is 12.3. The summed E-state index contributed by atoms with van der Waals surface area (Å²) >= 11 is 0. The van der Waals surface area contributed by atoms with Crippen molar-refractivity contribution < 1.29 is 22.7 Å². The summed E-state index contributed by atoms with van der Waals surface area (Å²) in [4.78, 5) is 23.3. The van der Waals surface area contributed by atoms with Gasteiger partial charge in [-0.1, -0.05) is 26.2 Å². The number of carbonyl (C=O) groups excluding carboxylic acids is 2. The minimum Gasteiger partial charge on any atom is -0.464 e. The van der Waals surface area contributed by atoms with E-state index in [1.165, 1.54) is 24.3 Å². The minimum absolute atomic E-state index is 0.0353. The summed E-state index contributed by atoms with van der Waals surface area (Å²) in [7, 11) is -3.81. The highest BCUT2D eigenvalue weighted by Crippen LogP contribution is 2.17. The second-order valence-corrected chi connectivity index (χ2v) is 7.73. The van der Waals surface area contributed by atoms with Gasteiger partial charge in [0, 0.05) is 18.5 Å². The number of hydrogen-bond donors (Lipinski definition) is 2. The molecule has 0 unspecified atom stereocenters. The first-order valence-electron chi connectivity index (χ1n) is 8.51. The molecule has 138 valence electrons. The lowest BCUT2D eigenvalue weighted by Crippen LogP contribution is -2.37. The fraction of sp³-hybridized carbons (Fsp3) is 0.529. The van der Waals surface area contributed by atoms with Gasteiger partial charge in [0.05, 0.1) is 11.5 Å². The van der Waals surface area contributed by atoms with E-state index in [2.05, 4.69) is 17.0 Å². The highest BCUT2D eigenvalue weighted by atomic mass is 32.2. The molecule has 8 heteroatoms. The van der Waals surface area contributed by atoms with Crippen molar-refractivity contribution in [1.82, 2.24) is 4.72 Å². The number of carbonyl (C=O) groups is 2. The van der Waals surface area contributed by atoms with Crippen molar-refractivity contribution in [2.24, 2.45) is 0 Å². The molecule has 1 fully saturated rings. The molecule has 1 aliphatic rings. The lowest BCUT2D eigenvalue weighted by atomic mass is 10.1. The van der Waals surface area contributed by atoms with Crippen molar-refractivity contribution in [1.29, 1.82) is 0 Å². The van der Waals surface area contributed by atoms with Crippen LogP contribution in [-0.4, -0.2) is 32.9 Å². The van der Waals surface area contributed by atoms with Gasteiger partial charge in [-0.3, -0.25) is 9.59 Å². The maximum absolute atomic E-state index is 12.3. The van der Waals surface area contributed by atoms with Gasteiger partial charge in [0.25, 0.3) is 0 Å². The van der Waals surface area contributed by atoms with E-state index in [-0.39, 0.29) is 17.4 Å². The van der Waals surface area contributed by atoms with Crippen molar-refractivity contribution in [3.05, 3.63) is 24.3 Å². The fourth-order valence-corrected chi connectivity index (χ4v) is 3.73. The van der Waals surface area contributed by atoms with Crippen molar-refractivity contribution in [2.75, 3.05) is 11.9 Å². The molecule has 7 nitrogen and oxygen atoms in total. The Morgan fingerprint density at radius 2 is 1.92 bits per heavy atom. The van der Waals surface area contributed by atoms with Crippen molar-refractivity contribution in [3.63, 3.8) is 0 Å². The Labute approximate surface area is 148 Å². The molecular weight excluding hydrogens is 344 g/mol. The predicted octanol–water partition coefficient (Wildman–Crippen LogP) is 2.19. The molecule has 1 heterocycles. The molecule has 1 saturated heterocycles. The molecule has 0 bridgehead atoms. The molecule has 2 rings (SSSR count). The van der Waals surface area contributed by atoms with Crippen LogP contribution in [0.25, 0.3) is 0 Å². The van der Waals surface area contributed by atoms with Gasteiger partial charge in [0.15, 0.2) is 0 Å². The third-order valence-electron chi connectivity index (χ3n) is 3.94. The monoisotopic (exact) mass is 368 g/mol. The first kappa shape index (κ1) is 19.4. The zero-order valence-corrected chi connectivity index (χ0v) is 15.1. The van der Waals surface area contributed by atoms with Crippen LogP contribution in [0.3, 0.4) is 0 Å². The number of ether oxygens (including phenoxy) is 1. The van der Waals surface area contributed by atoms with Crippen molar-refractivity contribution in [3.8, 4) is 0 Å². The number of esters is 1. The molecule has 2 N–H and O–H groups in total. The summed E-state index contributed by atoms with van der Waals surface area (Å²) in [6.45, 7) is 2.33. The Kier molecular flexibility index (Phi) is 6.95. The number of amides is 1. The first-order valence-corrected chi connectivity index (χ1v) is 9.99. The van der Waals surface area contributed by atoms with Crippen LogP contribution in [0.2, 0.25) is 0 Å². The van der Waals surface area contributed by atoms with Gasteiger partial charge in [0.2, 0.25) is 15.9 Å². The van der Waals surface area contributed by atoms with Crippen LogP contribution in [0.4, 0.5) is 5.69 Å². The van der Waals surface area contributed by atoms with Crippen LogP contribution in [0.15, 0.2) is 29.2 Å². The molecular formula is C17H24N2O5S. The quantitative estimate of drug-likeness (QED) is 0.514. The van der Waals surface area contributed by atoms with E-state index in [1.54, 1.807) is 0 Å². The van der Waals surface area contributed by atoms with Gasteiger partial charge in [0.1, 0.15) is 6.04 Å². The fourth-order valence-electron chi connectivity index (χ4n) is 2.51. The molecule has 0 saturated carbocycles. The molecule has 1 aromatic carbocycles. The predicted molar refractivity (Wildman–Crippen MR) is 93.5 cm³/mol. The summed E-state index contributed by atoms with van der Waals surface area (Å²) in [5.74, 6) is -0.644. The summed E-state index contributed by atoms with van der Waals surface area (Å²) in [5, 5.41) is 2.75. The van der Waals surface area contributed by atoms with E-state index in [9.17, 15) is 18.0 Å². The third kappa shape index (κ3) is 5.82. The highest BCUT2D eigenvalue weighted by Gasteiger charge is 2.31. The van der Waals surface area contributed by atoms with Gasteiger partial charge in [-0.25, -0.2) is 8.42 Å². The van der Waals surface area contributed by atoms with Crippen LogP contribution in [0.5, 0.6) is 0 Å². The van der Waals surface area contributed by atoms with Crippen LogP contribution in [0, 0.1) is 0 Å². The lowest BCUT2D eigenvalue weighted by Gasteiger charge is -2.11. The second kappa shape index (κ2) is 8.96. The van der Waals surface area contributed by atoms with Gasteiger partial charge < -0.3 is 10.1 Å². The number of nitrogens with one attached hydrogen (secondary N) is 2. The van der Waals surface area contributed by atoms with E-state index in [0.717, 1.165) is 25.7 Å². The summed E-state index contributed by atoms with van der Waals surface area (Å²) < 4.78 is 31.6. The Morgan fingerprint density at radius 1 is 1.20 bits per heavy atom. The molecule has 1 amide bonds. The molecule has 0 radical (unpaired) electrons. The molecule has 1 atom stereocenters. The van der Waals surface area contributed by atoms with Crippen LogP contribution in [0.1, 0.15) is 45.4 Å². The topological polar surface area (TPSA) is 102 Å². The molecule has 0 aromatic heterocycles. The van der Waals surface area contributed by atoms with Gasteiger partial charge >= 0.3 is 5.97 Å². The third-order valence-corrected chi connectivity index (χ3v) is 5.43. The number of rotatable bonds is 9. The average molecular weight is 368 g/mol. The molecule has 25 heavy (non-hydrogen) atoms. The molecule has 1 aromatic rings. The van der Waals surface area contributed by atoms with Crippen LogP contribution < -0.4 is 10.0 Å². The maximum Gasteiger partial charge on any atom is 0.324 e. The zero-order valence-electron chi connectivity index (χ0n) is 14.3. The second-order valence-electron chi connectivity index (χ2n) is 6.01. The average Bonchev–Trinajstić information content (AvgIpc) is 2.96. The number of unbranched alkanes of at least 4 members (excludes halogenated alkanes) is 3. The van der Waals surface area contributed by atoms with E-state index in [1.807, 2.05) is 0 Å². The standard InChI is InChI=1S/C17H24N2O5S/c1-2-3-4-5-6-16(20)18-13-7-9-14(10-8-13)25(22,23)19-15-11-12-24-17(15)21/h7-10,15,19H,2-6,11-12H2,1H3,(H,18,20)/t15-/m0/s1. The lowest BCUT2D eigenvalue weighted by molar-refractivity contribution is -0.139. The van der Waals surface area contributed by atoms with E-state index >= 15 is 0 Å². The van der Waals surface area contributed by atoms with Gasteiger partial charge in [-0.15, -0.1) is 0 Å². The number of sulfonamides is 1. The first-order chi connectivity index (χ1) is 11.9. The van der Waals surface area contributed by atoms with Crippen molar-refractivity contribution >= 4 is 27.6 Å². The number of anilines is 1. The SMILES string of the molecule is CCCCCCC(=O)Nc1ccc(S(=O)(=O)N[C@H]2CCOC2=O)cc1. The largest absolute Gasteiger partial charge is 0.464 e. The minimum atomic E-state index is -3.81. The number of cyclic esters (lactones) is 1. The van der Waals surface area contributed by atoms with Crippen LogP contribution in [-0.2, 0) is 24.3 Å². The zero-order chi connectivity index (χ0) is 18.3. The summed E-state index contributed by atoms with van der Waals surface area (Å²) in [6, 6.07) is 5.02. The summed E-state index contributed by atoms with van der Waals surface area (Å²) in [6.07, 6.45) is 4.87. The number of hydrogen-bond acceptors (Lipinski definition) is 5. The summed E-state index contributed by atoms with van der Waals surface area (Å²) in [5.41, 5.74) is 0.541. The van der Waals surface area contributed by atoms with Crippen molar-refractivity contribution in [2.45, 2.75) is 56.4 Å². The Morgan fingerprint density at radius 3 is 2.52 bits per heavy atom. The number of benzene rings is 1. The smallest absolute Gasteiger partial charge is 0.324 e. The molecule has 0 aliphatic carbocycles. The molecule has 1 aliphatic heterocycles. The van der Waals surface area contributed by atoms with Crippen LogP contribution >= 0.6 is 0 Å². The van der Waals surface area contributed by atoms with E-state index in [0.29, 0.717) is 18.5 Å².